The van der Waals surface area contributed by atoms with Crippen LogP contribution in [0.1, 0.15) is 27.6 Å². The van der Waals surface area contributed by atoms with E-state index in [0.29, 0.717) is 22.8 Å². The Morgan fingerprint density at radius 3 is 2.90 bits per heavy atom. The molecule has 1 amide bonds. The molecule has 0 saturated carbocycles. The van der Waals surface area contributed by atoms with Crippen LogP contribution >= 0.6 is 0 Å². The molecular weight excluding hydrogens is 276 g/mol. The fourth-order valence-electron chi connectivity index (χ4n) is 1.51. The van der Waals surface area contributed by atoms with Crippen LogP contribution < -0.4 is 5.32 Å². The zero-order valence-corrected chi connectivity index (χ0v) is 11.1. The molecule has 108 valence electrons. The number of aryl methyl sites for hydroxylation is 1. The summed E-state index contributed by atoms with van der Waals surface area (Å²) in [6, 6.07) is 1.53. The summed E-state index contributed by atoms with van der Waals surface area (Å²) >= 11 is 0. The normalized spacial score (nSPS) is 10.7. The molecule has 2 aromatic rings. The van der Waals surface area contributed by atoms with Crippen molar-refractivity contribution >= 4 is 18.0 Å². The molecule has 2 rings (SSSR count). The molecule has 0 saturated heterocycles. The molecule has 0 radical (unpaired) electrons. The summed E-state index contributed by atoms with van der Waals surface area (Å²) < 4.78 is 4.87. The van der Waals surface area contributed by atoms with E-state index in [1.165, 1.54) is 24.5 Å². The maximum Gasteiger partial charge on any atom is 0.328 e. The number of aliphatic carboxylic acids is 1. The zero-order chi connectivity index (χ0) is 15.2. The Kier molecular flexibility index (Phi) is 4.39. The minimum Gasteiger partial charge on any atom is -0.478 e. The van der Waals surface area contributed by atoms with Gasteiger partial charge in [0.15, 0.2) is 5.82 Å². The first-order valence-corrected chi connectivity index (χ1v) is 5.98. The molecule has 0 fully saturated rings. The fraction of sp³-hybridized carbons (Fsp3) is 0.154. The number of carbonyl (C=O) groups excluding carboxylic acids is 1. The number of carbonyl (C=O) groups is 2. The molecule has 2 N–H and O–H groups in total. The molecule has 2 aromatic heterocycles. The standard InChI is InChI=1S/C13H12N4O4/c1-8-16-11(21-17-8)7-15-13(20)10-4-9(5-14-6-10)2-3-12(18)19/h2-6H,7H2,1H3,(H,15,20)(H,18,19). The molecule has 21 heavy (non-hydrogen) atoms. The number of hydrogen-bond acceptors (Lipinski definition) is 6. The zero-order valence-electron chi connectivity index (χ0n) is 11.1. The maximum atomic E-state index is 11.9. The lowest BCUT2D eigenvalue weighted by Gasteiger charge is -2.02. The highest BCUT2D eigenvalue weighted by Crippen LogP contribution is 2.05. The van der Waals surface area contributed by atoms with Crippen LogP contribution in [0.5, 0.6) is 0 Å². The lowest BCUT2D eigenvalue weighted by molar-refractivity contribution is -0.131. The molecule has 0 unspecified atom stereocenters. The van der Waals surface area contributed by atoms with Gasteiger partial charge in [-0.15, -0.1) is 0 Å². The second kappa shape index (κ2) is 6.42. The van der Waals surface area contributed by atoms with Crippen molar-refractivity contribution < 1.29 is 19.2 Å². The molecule has 0 spiro atoms. The van der Waals surface area contributed by atoms with E-state index in [0.717, 1.165) is 6.08 Å². The van der Waals surface area contributed by atoms with Gasteiger partial charge in [0.25, 0.3) is 5.91 Å². The van der Waals surface area contributed by atoms with Crippen molar-refractivity contribution in [2.45, 2.75) is 13.5 Å². The van der Waals surface area contributed by atoms with E-state index in [4.69, 9.17) is 9.63 Å². The Morgan fingerprint density at radius 1 is 1.43 bits per heavy atom. The number of aromatic nitrogens is 3. The van der Waals surface area contributed by atoms with E-state index in [1.54, 1.807) is 6.92 Å². The largest absolute Gasteiger partial charge is 0.478 e. The Morgan fingerprint density at radius 2 is 2.24 bits per heavy atom. The Bertz CT molecular complexity index is 693. The number of nitrogens with one attached hydrogen (secondary N) is 1. The monoisotopic (exact) mass is 288 g/mol. The number of amides is 1. The number of pyridine rings is 1. The van der Waals surface area contributed by atoms with Crippen molar-refractivity contribution in [1.29, 1.82) is 0 Å². The third-order valence-corrected chi connectivity index (χ3v) is 2.41. The highest BCUT2D eigenvalue weighted by atomic mass is 16.5. The van der Waals surface area contributed by atoms with E-state index >= 15 is 0 Å². The van der Waals surface area contributed by atoms with E-state index in [1.807, 2.05) is 0 Å². The average Bonchev–Trinajstić information content (AvgIpc) is 2.88. The minimum atomic E-state index is -1.07. The van der Waals surface area contributed by atoms with Crippen LogP contribution in [0, 0.1) is 6.92 Å². The van der Waals surface area contributed by atoms with Crippen molar-refractivity contribution in [2.75, 3.05) is 0 Å². The topological polar surface area (TPSA) is 118 Å². The first-order valence-electron chi connectivity index (χ1n) is 5.98. The highest BCUT2D eigenvalue weighted by molar-refractivity contribution is 5.94. The Hall–Kier alpha value is -3.03. The fourth-order valence-corrected chi connectivity index (χ4v) is 1.51. The second-order valence-electron chi connectivity index (χ2n) is 4.10. The number of carboxylic acid groups (broad SMARTS) is 1. The van der Waals surface area contributed by atoms with Gasteiger partial charge in [0.2, 0.25) is 5.89 Å². The predicted octanol–water partition coefficient (Wildman–Crippen LogP) is 0.801. The summed E-state index contributed by atoms with van der Waals surface area (Å²) in [7, 11) is 0. The van der Waals surface area contributed by atoms with Crippen LogP contribution in [-0.4, -0.2) is 32.1 Å². The summed E-state index contributed by atoms with van der Waals surface area (Å²) in [6.07, 6.45) is 5.16. The van der Waals surface area contributed by atoms with Crippen LogP contribution in [-0.2, 0) is 11.3 Å². The smallest absolute Gasteiger partial charge is 0.328 e. The van der Waals surface area contributed by atoms with Crippen LogP contribution in [0.4, 0.5) is 0 Å². The average molecular weight is 288 g/mol. The van der Waals surface area contributed by atoms with Gasteiger partial charge in [0.05, 0.1) is 12.1 Å². The highest BCUT2D eigenvalue weighted by Gasteiger charge is 2.09. The molecule has 0 aliphatic carbocycles. The van der Waals surface area contributed by atoms with Gasteiger partial charge in [-0.25, -0.2) is 4.79 Å². The van der Waals surface area contributed by atoms with Crippen molar-refractivity contribution in [1.82, 2.24) is 20.4 Å². The molecule has 0 aliphatic rings. The Labute approximate surface area is 119 Å². The van der Waals surface area contributed by atoms with Crippen molar-refractivity contribution in [3.8, 4) is 0 Å². The number of hydrogen-bond donors (Lipinski definition) is 2. The first-order chi connectivity index (χ1) is 10.0. The SMILES string of the molecule is Cc1noc(CNC(=O)c2cncc(C=CC(=O)O)c2)n1. The summed E-state index contributed by atoms with van der Waals surface area (Å²) in [5, 5.41) is 14.8. The third-order valence-electron chi connectivity index (χ3n) is 2.41. The second-order valence-corrected chi connectivity index (χ2v) is 4.10. The van der Waals surface area contributed by atoms with Gasteiger partial charge < -0.3 is 14.9 Å². The molecule has 0 bridgehead atoms. The summed E-state index contributed by atoms with van der Waals surface area (Å²) in [5.41, 5.74) is 0.817. The van der Waals surface area contributed by atoms with E-state index in [9.17, 15) is 9.59 Å². The van der Waals surface area contributed by atoms with Crippen molar-refractivity contribution in [2.24, 2.45) is 0 Å². The molecule has 0 aromatic carbocycles. The van der Waals surface area contributed by atoms with Gasteiger partial charge in [0, 0.05) is 18.5 Å². The maximum absolute atomic E-state index is 11.9. The van der Waals surface area contributed by atoms with Gasteiger partial charge in [0.1, 0.15) is 0 Å². The van der Waals surface area contributed by atoms with Gasteiger partial charge in [-0.2, -0.15) is 4.98 Å². The van der Waals surface area contributed by atoms with Crippen LogP contribution in [0.15, 0.2) is 29.1 Å². The number of carboxylic acids is 1. The van der Waals surface area contributed by atoms with Crippen LogP contribution in [0.2, 0.25) is 0 Å². The van der Waals surface area contributed by atoms with Crippen molar-refractivity contribution in [3.05, 3.63) is 47.4 Å². The molecule has 8 heteroatoms. The van der Waals surface area contributed by atoms with Crippen LogP contribution in [0.25, 0.3) is 6.08 Å². The molecule has 0 aliphatic heterocycles. The molecule has 2 heterocycles. The minimum absolute atomic E-state index is 0.106. The van der Waals surface area contributed by atoms with Gasteiger partial charge in [-0.05, 0) is 24.6 Å². The number of rotatable bonds is 5. The molecule has 8 nitrogen and oxygen atoms in total. The van der Waals surface area contributed by atoms with Gasteiger partial charge >= 0.3 is 5.97 Å². The van der Waals surface area contributed by atoms with E-state index < -0.39 is 5.97 Å². The van der Waals surface area contributed by atoms with Gasteiger partial charge in [-0.3, -0.25) is 9.78 Å². The summed E-state index contributed by atoms with van der Waals surface area (Å²) in [4.78, 5) is 30.2. The lowest BCUT2D eigenvalue weighted by Crippen LogP contribution is -2.23. The Balaban J connectivity index is 2.02. The summed E-state index contributed by atoms with van der Waals surface area (Å²) in [5.74, 6) is -0.655. The van der Waals surface area contributed by atoms with Gasteiger partial charge in [-0.1, -0.05) is 5.16 Å². The molecule has 0 atom stereocenters. The third kappa shape index (κ3) is 4.23. The molecular formula is C13H12N4O4. The number of nitrogens with zero attached hydrogens (tertiary/aromatic N) is 3. The summed E-state index contributed by atoms with van der Waals surface area (Å²) in [6.45, 7) is 1.78. The van der Waals surface area contributed by atoms with Crippen molar-refractivity contribution in [3.63, 3.8) is 0 Å². The quantitative estimate of drug-likeness (QED) is 0.781. The van der Waals surface area contributed by atoms with Crippen LogP contribution in [0.3, 0.4) is 0 Å². The lowest BCUT2D eigenvalue weighted by atomic mass is 10.2. The first kappa shape index (κ1) is 14.4. The van der Waals surface area contributed by atoms with E-state index in [-0.39, 0.29) is 12.5 Å². The predicted molar refractivity (Wildman–Crippen MR) is 71.1 cm³/mol. The van der Waals surface area contributed by atoms with E-state index in [2.05, 4.69) is 20.4 Å².